The minimum absolute atomic E-state index is 0.0726. The van der Waals surface area contributed by atoms with E-state index in [1.54, 1.807) is 28.8 Å². The predicted molar refractivity (Wildman–Crippen MR) is 156 cm³/mol. The Morgan fingerprint density at radius 2 is 1.49 bits per heavy atom. The van der Waals surface area contributed by atoms with Gasteiger partial charge in [0.1, 0.15) is 6.04 Å². The third-order valence-electron chi connectivity index (χ3n) is 5.68. The summed E-state index contributed by atoms with van der Waals surface area (Å²) in [6.45, 7) is 6.08. The highest BCUT2D eigenvalue weighted by atomic mass is 35.5. The molecular weight excluding hydrogens is 523 g/mol. The summed E-state index contributed by atoms with van der Waals surface area (Å²) in [6.07, 6.45) is 0.736. The number of thioether (sulfide) groups is 1. The van der Waals surface area contributed by atoms with Gasteiger partial charge in [-0.3, -0.25) is 9.59 Å². The van der Waals surface area contributed by atoms with Crippen molar-refractivity contribution in [1.29, 1.82) is 0 Å². The largest absolute Gasteiger partial charge is 0.350 e. The van der Waals surface area contributed by atoms with Gasteiger partial charge < -0.3 is 10.2 Å². The molecule has 37 heavy (non-hydrogen) atoms. The van der Waals surface area contributed by atoms with Crippen LogP contribution in [0.4, 0.5) is 0 Å². The van der Waals surface area contributed by atoms with Crippen molar-refractivity contribution in [3.63, 3.8) is 0 Å². The Morgan fingerprint density at radius 3 is 2.08 bits per heavy atom. The Bertz CT molecular complexity index is 1170. The van der Waals surface area contributed by atoms with Crippen LogP contribution in [0.2, 0.25) is 10.0 Å². The number of hydrogen-bond acceptors (Lipinski definition) is 3. The number of amides is 2. The predicted octanol–water partition coefficient (Wildman–Crippen LogP) is 7.17. The van der Waals surface area contributed by atoms with Crippen LogP contribution in [0.15, 0.2) is 78.9 Å². The maximum Gasteiger partial charge on any atom is 0.243 e. The van der Waals surface area contributed by atoms with Gasteiger partial charge in [-0.1, -0.05) is 89.9 Å². The molecule has 0 saturated heterocycles. The summed E-state index contributed by atoms with van der Waals surface area (Å²) in [5.74, 6) is 1.24. The summed E-state index contributed by atoms with van der Waals surface area (Å²) in [7, 11) is 0. The van der Waals surface area contributed by atoms with Gasteiger partial charge in [-0.25, -0.2) is 0 Å². The van der Waals surface area contributed by atoms with Crippen molar-refractivity contribution in [1.82, 2.24) is 10.2 Å². The van der Waals surface area contributed by atoms with Crippen molar-refractivity contribution < 1.29 is 9.59 Å². The third kappa shape index (κ3) is 9.73. The normalized spacial score (nSPS) is 12.1. The zero-order chi connectivity index (χ0) is 26.8. The van der Waals surface area contributed by atoms with Gasteiger partial charge in [-0.15, -0.1) is 0 Å². The average Bonchev–Trinajstić information content (AvgIpc) is 2.86. The molecule has 196 valence electrons. The molecule has 0 spiro atoms. The molecule has 3 rings (SSSR count). The molecule has 0 aliphatic carbocycles. The Hall–Kier alpha value is -2.47. The van der Waals surface area contributed by atoms with E-state index in [1.165, 1.54) is 5.56 Å². The summed E-state index contributed by atoms with van der Waals surface area (Å²) < 4.78 is 0. The van der Waals surface area contributed by atoms with Crippen molar-refractivity contribution >= 4 is 46.8 Å². The van der Waals surface area contributed by atoms with Gasteiger partial charge in [-0.2, -0.15) is 11.8 Å². The van der Waals surface area contributed by atoms with Crippen molar-refractivity contribution in [2.75, 3.05) is 5.75 Å². The molecule has 0 aliphatic heterocycles. The van der Waals surface area contributed by atoms with Crippen molar-refractivity contribution in [3.8, 4) is 0 Å². The zero-order valence-electron chi connectivity index (χ0n) is 21.5. The van der Waals surface area contributed by atoms with Crippen molar-refractivity contribution in [3.05, 3.63) is 106 Å². The summed E-state index contributed by atoms with van der Waals surface area (Å²) in [6, 6.07) is 24.6. The molecule has 0 bridgehead atoms. The van der Waals surface area contributed by atoms with Crippen LogP contribution in [-0.2, 0) is 28.3 Å². The first-order valence-corrected chi connectivity index (χ1v) is 14.2. The van der Waals surface area contributed by atoms with Crippen LogP contribution in [0, 0.1) is 0 Å². The second kappa shape index (κ2) is 13.9. The van der Waals surface area contributed by atoms with Crippen LogP contribution in [-0.4, -0.2) is 34.0 Å². The minimum atomic E-state index is -0.678. The second-order valence-electron chi connectivity index (χ2n) is 10.0. The summed E-state index contributed by atoms with van der Waals surface area (Å²) >= 11 is 14.1. The molecule has 7 heteroatoms. The van der Waals surface area contributed by atoms with E-state index in [9.17, 15) is 9.59 Å². The fourth-order valence-electron chi connectivity index (χ4n) is 3.91. The molecule has 1 atom stereocenters. The number of benzene rings is 3. The third-order valence-corrected chi connectivity index (χ3v) is 7.45. The highest BCUT2D eigenvalue weighted by molar-refractivity contribution is 7.98. The van der Waals surface area contributed by atoms with Crippen LogP contribution >= 0.6 is 35.0 Å². The Balaban J connectivity index is 1.84. The second-order valence-corrected chi connectivity index (χ2v) is 11.9. The van der Waals surface area contributed by atoms with Crippen LogP contribution in [0.1, 0.15) is 43.9 Å². The lowest BCUT2D eigenvalue weighted by Gasteiger charge is -2.34. The van der Waals surface area contributed by atoms with E-state index in [0.29, 0.717) is 28.6 Å². The van der Waals surface area contributed by atoms with Gasteiger partial charge in [0.25, 0.3) is 0 Å². The van der Waals surface area contributed by atoms with Crippen LogP contribution in [0.5, 0.6) is 0 Å². The van der Waals surface area contributed by atoms with E-state index >= 15 is 0 Å². The van der Waals surface area contributed by atoms with Gasteiger partial charge in [0, 0.05) is 36.4 Å². The van der Waals surface area contributed by atoms with Gasteiger partial charge in [0.05, 0.1) is 10.0 Å². The molecular formula is C30H34Cl2N2O2S. The molecule has 0 radical (unpaired) electrons. The fraction of sp³-hybridized carbons (Fsp3) is 0.333. The number of rotatable bonds is 11. The lowest BCUT2D eigenvalue weighted by Crippen LogP contribution is -2.54. The highest BCUT2D eigenvalue weighted by Crippen LogP contribution is 2.25. The first-order valence-electron chi connectivity index (χ1n) is 12.3. The molecule has 0 aromatic heterocycles. The number of carbonyl (C=O) groups excluding carboxylic acids is 2. The highest BCUT2D eigenvalue weighted by Gasteiger charge is 2.32. The monoisotopic (exact) mass is 556 g/mol. The molecule has 0 saturated carbocycles. The van der Waals surface area contributed by atoms with Gasteiger partial charge >= 0.3 is 0 Å². The maximum atomic E-state index is 13.7. The minimum Gasteiger partial charge on any atom is -0.350 e. The first-order chi connectivity index (χ1) is 17.6. The van der Waals surface area contributed by atoms with E-state index in [-0.39, 0.29) is 18.4 Å². The standard InChI is InChI=1S/C30H34Cl2N2O2S/c1-30(2,3)33-29(36)27(19-22-10-6-4-7-11-22)34(20-24-14-15-25(31)26(32)18-24)28(35)16-17-37-21-23-12-8-5-9-13-23/h4-15,18,27H,16-17,19-21H2,1-3H3,(H,33,36)/t27-/m1/s1. The van der Waals surface area contributed by atoms with E-state index in [1.807, 2.05) is 75.4 Å². The zero-order valence-corrected chi connectivity index (χ0v) is 23.9. The average molecular weight is 558 g/mol. The molecule has 3 aromatic rings. The molecule has 1 N–H and O–H groups in total. The Morgan fingerprint density at radius 1 is 0.865 bits per heavy atom. The number of nitrogens with one attached hydrogen (secondary N) is 1. The van der Waals surface area contributed by atoms with Crippen LogP contribution in [0.3, 0.4) is 0 Å². The van der Waals surface area contributed by atoms with Gasteiger partial charge in [0.15, 0.2) is 0 Å². The van der Waals surface area contributed by atoms with Crippen molar-refractivity contribution in [2.24, 2.45) is 0 Å². The summed E-state index contributed by atoms with van der Waals surface area (Å²) in [5, 5.41) is 3.96. The molecule has 0 aliphatic rings. The number of halogens is 2. The van der Waals surface area contributed by atoms with Crippen LogP contribution < -0.4 is 5.32 Å². The van der Waals surface area contributed by atoms with Crippen LogP contribution in [0.25, 0.3) is 0 Å². The number of hydrogen-bond donors (Lipinski definition) is 1. The Labute approximate surface area is 234 Å². The van der Waals surface area contributed by atoms with Gasteiger partial charge in [0.2, 0.25) is 11.8 Å². The molecule has 3 aromatic carbocycles. The first kappa shape index (κ1) is 29.1. The molecule has 0 unspecified atom stereocenters. The van der Waals surface area contributed by atoms with E-state index in [0.717, 1.165) is 16.9 Å². The van der Waals surface area contributed by atoms with Gasteiger partial charge in [-0.05, 0) is 49.6 Å². The van der Waals surface area contributed by atoms with E-state index < -0.39 is 11.6 Å². The summed E-state index contributed by atoms with van der Waals surface area (Å²) in [5.41, 5.74) is 2.60. The maximum absolute atomic E-state index is 13.7. The molecule has 2 amide bonds. The van der Waals surface area contributed by atoms with E-state index in [2.05, 4.69) is 17.4 Å². The lowest BCUT2D eigenvalue weighted by atomic mass is 10.0. The Kier molecular flexibility index (Phi) is 10.9. The van der Waals surface area contributed by atoms with E-state index in [4.69, 9.17) is 23.2 Å². The van der Waals surface area contributed by atoms with Crippen molar-refractivity contribution in [2.45, 2.75) is 57.5 Å². The SMILES string of the molecule is CC(C)(C)NC(=O)[C@@H](Cc1ccccc1)N(Cc1ccc(Cl)c(Cl)c1)C(=O)CCSCc1ccccc1. The quantitative estimate of drug-likeness (QED) is 0.254. The number of carbonyl (C=O) groups is 2. The molecule has 0 fully saturated rings. The number of nitrogens with zero attached hydrogens (tertiary/aromatic N) is 1. The fourth-order valence-corrected chi connectivity index (χ4v) is 5.12. The topological polar surface area (TPSA) is 49.4 Å². The lowest BCUT2D eigenvalue weighted by molar-refractivity contribution is -0.141. The molecule has 0 heterocycles. The summed E-state index contributed by atoms with van der Waals surface area (Å²) in [4.78, 5) is 29.0. The molecule has 4 nitrogen and oxygen atoms in total. The smallest absolute Gasteiger partial charge is 0.243 e.